The summed E-state index contributed by atoms with van der Waals surface area (Å²) in [7, 11) is 3.83. The van der Waals surface area contributed by atoms with E-state index in [1.807, 2.05) is 18.2 Å². The summed E-state index contributed by atoms with van der Waals surface area (Å²) in [5, 5.41) is 20.8. The minimum atomic E-state index is -0.713. The van der Waals surface area contributed by atoms with E-state index in [-0.39, 0.29) is 16.7 Å². The molecular weight excluding hydrogens is 474 g/mol. The summed E-state index contributed by atoms with van der Waals surface area (Å²) in [4.78, 5) is 4.71. The van der Waals surface area contributed by atoms with Gasteiger partial charge in [-0.1, -0.05) is 6.07 Å². The Hall–Kier alpha value is -4.00. The molecule has 0 aliphatic carbocycles. The lowest BCUT2D eigenvalue weighted by Crippen LogP contribution is -2.56. The molecular formula is C28H26F2N6O. The Morgan fingerprint density at radius 2 is 1.97 bits per heavy atom. The number of hydrogen-bond donors (Lipinski definition) is 2. The molecule has 4 aromatic rings. The molecule has 1 atom stereocenters. The predicted molar refractivity (Wildman–Crippen MR) is 138 cm³/mol. The minimum Gasteiger partial charge on any atom is -0.489 e. The van der Waals surface area contributed by atoms with Crippen molar-refractivity contribution in [2.45, 2.75) is 12.6 Å². The summed E-state index contributed by atoms with van der Waals surface area (Å²) >= 11 is 0. The van der Waals surface area contributed by atoms with Gasteiger partial charge in [0.15, 0.2) is 0 Å². The molecule has 1 saturated heterocycles. The SMILES string of the molecule is CNCc1cc(F)c(-c2cc3c(-c4ccc5c(c4)OCC4CN(C)CCN54)n[nH]c3cc2C#N)c(F)c1. The molecule has 1 unspecified atom stereocenters. The number of likely N-dealkylation sites (N-methyl/N-ethyl adjacent to an activating group) is 1. The molecule has 3 aromatic carbocycles. The topological polar surface area (TPSA) is 80.2 Å². The Labute approximate surface area is 213 Å². The average Bonchev–Trinajstić information content (AvgIpc) is 3.30. The number of nitrogens with one attached hydrogen (secondary N) is 2. The van der Waals surface area contributed by atoms with Gasteiger partial charge in [-0.25, -0.2) is 8.78 Å². The van der Waals surface area contributed by atoms with Crippen molar-refractivity contribution in [2.75, 3.05) is 45.2 Å². The zero-order valence-electron chi connectivity index (χ0n) is 20.6. The molecule has 0 radical (unpaired) electrons. The van der Waals surface area contributed by atoms with Gasteiger partial charge in [-0.15, -0.1) is 0 Å². The highest BCUT2D eigenvalue weighted by atomic mass is 19.1. The summed E-state index contributed by atoms with van der Waals surface area (Å²) in [6, 6.07) is 14.2. The number of piperazine rings is 1. The van der Waals surface area contributed by atoms with Crippen LogP contribution in [0.25, 0.3) is 33.3 Å². The van der Waals surface area contributed by atoms with Crippen LogP contribution in [0.3, 0.4) is 0 Å². The number of nitrogens with zero attached hydrogens (tertiary/aromatic N) is 4. The van der Waals surface area contributed by atoms with Crippen molar-refractivity contribution in [2.24, 2.45) is 0 Å². The number of H-pyrrole nitrogens is 1. The lowest BCUT2D eigenvalue weighted by Gasteiger charge is -2.44. The van der Waals surface area contributed by atoms with E-state index >= 15 is 8.78 Å². The van der Waals surface area contributed by atoms with Gasteiger partial charge in [-0.3, -0.25) is 5.10 Å². The molecule has 2 aliphatic rings. The number of nitriles is 1. The highest BCUT2D eigenvalue weighted by Gasteiger charge is 2.32. The molecule has 6 rings (SSSR count). The number of ether oxygens (including phenoxy) is 1. The van der Waals surface area contributed by atoms with Crippen LogP contribution in [-0.4, -0.2) is 61.5 Å². The Bertz CT molecular complexity index is 1540. The average molecular weight is 501 g/mol. The van der Waals surface area contributed by atoms with E-state index in [9.17, 15) is 5.26 Å². The fourth-order valence-corrected chi connectivity index (χ4v) is 5.44. The van der Waals surface area contributed by atoms with Gasteiger partial charge >= 0.3 is 0 Å². The quantitative estimate of drug-likeness (QED) is 0.436. The van der Waals surface area contributed by atoms with Crippen LogP contribution in [0.4, 0.5) is 14.5 Å². The summed E-state index contributed by atoms with van der Waals surface area (Å²) in [5.41, 5.74) is 3.74. The lowest BCUT2D eigenvalue weighted by molar-refractivity contribution is 0.188. The molecule has 2 N–H and O–H groups in total. The van der Waals surface area contributed by atoms with E-state index in [2.05, 4.69) is 38.4 Å². The van der Waals surface area contributed by atoms with Crippen molar-refractivity contribution in [3.63, 3.8) is 0 Å². The predicted octanol–water partition coefficient (Wildman–Crippen LogP) is 4.28. The number of halogens is 2. The monoisotopic (exact) mass is 500 g/mol. The number of hydrogen-bond acceptors (Lipinski definition) is 6. The van der Waals surface area contributed by atoms with Gasteiger partial charge in [0.2, 0.25) is 0 Å². The molecule has 3 heterocycles. The second kappa shape index (κ2) is 9.14. The molecule has 7 nitrogen and oxygen atoms in total. The Balaban J connectivity index is 1.44. The Morgan fingerprint density at radius 1 is 1.16 bits per heavy atom. The van der Waals surface area contributed by atoms with Crippen LogP contribution in [0.1, 0.15) is 11.1 Å². The molecule has 1 fully saturated rings. The zero-order valence-corrected chi connectivity index (χ0v) is 20.6. The Kier molecular flexibility index (Phi) is 5.78. The number of fused-ring (bicyclic) bond motifs is 4. The summed E-state index contributed by atoms with van der Waals surface area (Å²) in [5.74, 6) is -0.634. The van der Waals surface area contributed by atoms with Crippen molar-refractivity contribution in [3.05, 3.63) is 65.2 Å². The molecule has 0 bridgehead atoms. The van der Waals surface area contributed by atoms with E-state index < -0.39 is 11.6 Å². The van der Waals surface area contributed by atoms with Crippen molar-refractivity contribution < 1.29 is 13.5 Å². The molecule has 37 heavy (non-hydrogen) atoms. The third kappa shape index (κ3) is 3.99. The Morgan fingerprint density at radius 3 is 2.73 bits per heavy atom. The first kappa shape index (κ1) is 23.4. The van der Waals surface area contributed by atoms with Crippen molar-refractivity contribution >= 4 is 16.6 Å². The second-order valence-corrected chi connectivity index (χ2v) is 9.70. The smallest absolute Gasteiger partial charge is 0.143 e. The van der Waals surface area contributed by atoms with Crippen LogP contribution in [-0.2, 0) is 6.54 Å². The molecule has 2 aliphatic heterocycles. The molecule has 188 valence electrons. The molecule has 1 aromatic heterocycles. The maximum atomic E-state index is 15.1. The molecule has 0 spiro atoms. The van der Waals surface area contributed by atoms with E-state index in [0.717, 1.165) is 36.6 Å². The normalized spacial score (nSPS) is 17.3. The van der Waals surface area contributed by atoms with Crippen LogP contribution in [0, 0.1) is 23.0 Å². The van der Waals surface area contributed by atoms with Crippen molar-refractivity contribution in [3.8, 4) is 34.2 Å². The largest absolute Gasteiger partial charge is 0.489 e. The van der Waals surface area contributed by atoms with Crippen LogP contribution in [0.2, 0.25) is 0 Å². The third-order valence-corrected chi connectivity index (χ3v) is 7.23. The maximum absolute atomic E-state index is 15.1. The van der Waals surface area contributed by atoms with Gasteiger partial charge in [-0.05, 0) is 56.1 Å². The highest BCUT2D eigenvalue weighted by Crippen LogP contribution is 2.40. The number of rotatable bonds is 4. The first-order valence-electron chi connectivity index (χ1n) is 12.2. The van der Waals surface area contributed by atoms with Crippen LogP contribution >= 0.6 is 0 Å². The van der Waals surface area contributed by atoms with Gasteiger partial charge in [-0.2, -0.15) is 10.4 Å². The van der Waals surface area contributed by atoms with Gasteiger partial charge in [0.25, 0.3) is 0 Å². The minimum absolute atomic E-state index is 0.164. The number of anilines is 1. The van der Waals surface area contributed by atoms with Crippen molar-refractivity contribution in [1.29, 1.82) is 5.26 Å². The van der Waals surface area contributed by atoms with Crippen LogP contribution in [0.15, 0.2) is 42.5 Å². The van der Waals surface area contributed by atoms with Crippen LogP contribution < -0.4 is 15.0 Å². The summed E-state index contributed by atoms with van der Waals surface area (Å²) in [6.45, 7) is 3.83. The van der Waals surface area contributed by atoms with Gasteiger partial charge in [0.05, 0.1) is 34.4 Å². The number of aromatic amines is 1. The number of aromatic nitrogens is 2. The fraction of sp³-hybridized carbons (Fsp3) is 0.286. The molecule has 0 saturated carbocycles. The first-order chi connectivity index (χ1) is 18.0. The fourth-order valence-electron chi connectivity index (χ4n) is 5.44. The zero-order chi connectivity index (χ0) is 25.7. The van der Waals surface area contributed by atoms with Gasteiger partial charge in [0.1, 0.15) is 29.7 Å². The molecule has 0 amide bonds. The first-order valence-corrected chi connectivity index (χ1v) is 12.2. The molecule has 9 heteroatoms. The summed E-state index contributed by atoms with van der Waals surface area (Å²) in [6.07, 6.45) is 0. The van der Waals surface area contributed by atoms with E-state index in [1.165, 1.54) is 12.1 Å². The third-order valence-electron chi connectivity index (χ3n) is 7.23. The van der Waals surface area contributed by atoms with Crippen LogP contribution in [0.5, 0.6) is 5.75 Å². The summed E-state index contributed by atoms with van der Waals surface area (Å²) < 4.78 is 36.3. The highest BCUT2D eigenvalue weighted by molar-refractivity contribution is 5.98. The van der Waals surface area contributed by atoms with Gasteiger partial charge < -0.3 is 19.9 Å². The standard InChI is InChI=1S/C28H26F2N6O/c1-32-13-16-7-22(29)27(23(30)8-16)20-11-21-24(9-18(20)12-31)33-34-28(21)17-3-4-25-26(10-17)37-15-19-14-35(2)5-6-36(19)25/h3-4,7-11,19,32H,5-6,13-15H2,1-2H3,(H,33,34). The van der Waals surface area contributed by atoms with E-state index in [1.54, 1.807) is 19.2 Å². The van der Waals surface area contributed by atoms with Gasteiger partial charge in [0, 0.05) is 42.7 Å². The lowest BCUT2D eigenvalue weighted by atomic mass is 9.94. The maximum Gasteiger partial charge on any atom is 0.143 e. The van der Waals surface area contributed by atoms with E-state index in [0.29, 0.717) is 41.4 Å². The van der Waals surface area contributed by atoms with Crippen molar-refractivity contribution in [1.82, 2.24) is 20.4 Å². The second-order valence-electron chi connectivity index (χ2n) is 9.70. The van der Waals surface area contributed by atoms with E-state index in [4.69, 9.17) is 4.74 Å². The number of benzene rings is 3.